The molecule has 0 aromatic heterocycles. The number of halogens is 2. The van der Waals surface area contributed by atoms with Gasteiger partial charge in [-0.15, -0.1) is 11.6 Å². The normalized spacial score (nSPS) is 22.6. The predicted molar refractivity (Wildman–Crippen MR) is 69.1 cm³/mol. The fraction of sp³-hybridized carbons (Fsp3) is 0.455. The van der Waals surface area contributed by atoms with E-state index in [2.05, 4.69) is 0 Å². The molecule has 0 aliphatic carbocycles. The molecule has 0 saturated carbocycles. The Morgan fingerprint density at radius 1 is 1.35 bits per heavy atom. The van der Waals surface area contributed by atoms with Crippen LogP contribution in [0.25, 0.3) is 0 Å². The topological polar surface area (TPSA) is 37.4 Å². The number of rotatable bonds is 2. The lowest BCUT2D eigenvalue weighted by molar-refractivity contribution is 0.350. The molecule has 3 nitrogen and oxygen atoms in total. The Kier molecular flexibility index (Phi) is 3.98. The molecule has 1 aliphatic heterocycles. The second-order valence-electron chi connectivity index (χ2n) is 4.06. The van der Waals surface area contributed by atoms with Gasteiger partial charge in [-0.2, -0.15) is 4.31 Å². The van der Waals surface area contributed by atoms with Crippen molar-refractivity contribution in [2.45, 2.75) is 23.1 Å². The molecule has 0 spiro atoms. The van der Waals surface area contributed by atoms with Crippen LogP contribution in [0.15, 0.2) is 29.2 Å². The standard InChI is InChI=1S/C11H13Cl2NO2S/c12-9-3-1-5-11(7-9)17(15,16)14-6-2-4-10(13)8-14/h1,3,5,7,10H,2,4,6,8H2. The number of piperidine rings is 1. The highest BCUT2D eigenvalue weighted by Gasteiger charge is 2.29. The van der Waals surface area contributed by atoms with Crippen molar-refractivity contribution in [3.05, 3.63) is 29.3 Å². The van der Waals surface area contributed by atoms with Crippen molar-refractivity contribution in [3.63, 3.8) is 0 Å². The van der Waals surface area contributed by atoms with Crippen molar-refractivity contribution in [2.24, 2.45) is 0 Å². The average Bonchev–Trinajstić information content (AvgIpc) is 2.29. The Labute approximate surface area is 111 Å². The van der Waals surface area contributed by atoms with Gasteiger partial charge in [0, 0.05) is 23.5 Å². The van der Waals surface area contributed by atoms with Gasteiger partial charge >= 0.3 is 0 Å². The number of nitrogens with zero attached hydrogens (tertiary/aromatic N) is 1. The van der Waals surface area contributed by atoms with Crippen LogP contribution in [0, 0.1) is 0 Å². The molecule has 0 N–H and O–H groups in total. The van der Waals surface area contributed by atoms with Gasteiger partial charge in [-0.25, -0.2) is 8.42 Å². The highest BCUT2D eigenvalue weighted by molar-refractivity contribution is 7.89. The van der Waals surface area contributed by atoms with Gasteiger partial charge in [-0.3, -0.25) is 0 Å². The van der Waals surface area contributed by atoms with E-state index in [-0.39, 0.29) is 10.3 Å². The van der Waals surface area contributed by atoms with Crippen LogP contribution in [0.3, 0.4) is 0 Å². The molecule has 1 saturated heterocycles. The Morgan fingerprint density at radius 3 is 2.76 bits per heavy atom. The maximum atomic E-state index is 12.3. The van der Waals surface area contributed by atoms with Gasteiger partial charge in [-0.05, 0) is 31.0 Å². The first-order valence-electron chi connectivity index (χ1n) is 5.40. The second kappa shape index (κ2) is 5.14. The van der Waals surface area contributed by atoms with Gasteiger partial charge in [0.25, 0.3) is 0 Å². The third kappa shape index (κ3) is 2.94. The van der Waals surface area contributed by atoms with Crippen molar-refractivity contribution in [2.75, 3.05) is 13.1 Å². The van der Waals surface area contributed by atoms with Crippen LogP contribution in [0.4, 0.5) is 0 Å². The summed E-state index contributed by atoms with van der Waals surface area (Å²) in [5.41, 5.74) is 0. The van der Waals surface area contributed by atoms with Crippen LogP contribution in [0.2, 0.25) is 5.02 Å². The molecule has 1 unspecified atom stereocenters. The second-order valence-corrected chi connectivity index (χ2v) is 7.05. The minimum absolute atomic E-state index is 0.0993. The number of sulfonamides is 1. The molecule has 0 radical (unpaired) electrons. The van der Waals surface area contributed by atoms with E-state index in [1.165, 1.54) is 10.4 Å². The summed E-state index contributed by atoms with van der Waals surface area (Å²) < 4.78 is 26.0. The first kappa shape index (κ1) is 13.1. The third-order valence-corrected chi connectivity index (χ3v) is 5.21. The maximum Gasteiger partial charge on any atom is 0.243 e. The molecular weight excluding hydrogens is 281 g/mol. The summed E-state index contributed by atoms with van der Waals surface area (Å²) in [6.45, 7) is 0.897. The summed E-state index contributed by atoms with van der Waals surface area (Å²) in [4.78, 5) is 0.232. The van der Waals surface area contributed by atoms with Crippen LogP contribution in [-0.2, 0) is 10.0 Å². The molecule has 1 heterocycles. The van der Waals surface area contributed by atoms with Crippen LogP contribution in [0.5, 0.6) is 0 Å². The summed E-state index contributed by atoms with van der Waals surface area (Å²) in [6.07, 6.45) is 1.66. The van der Waals surface area contributed by atoms with Crippen molar-refractivity contribution < 1.29 is 8.42 Å². The number of hydrogen-bond donors (Lipinski definition) is 0. The van der Waals surface area contributed by atoms with E-state index in [1.807, 2.05) is 0 Å². The minimum Gasteiger partial charge on any atom is -0.207 e. The van der Waals surface area contributed by atoms with E-state index in [0.29, 0.717) is 18.1 Å². The maximum absolute atomic E-state index is 12.3. The van der Waals surface area contributed by atoms with Crippen molar-refractivity contribution >= 4 is 33.2 Å². The van der Waals surface area contributed by atoms with Gasteiger partial charge in [0.05, 0.1) is 4.90 Å². The zero-order valence-corrected chi connectivity index (χ0v) is 11.5. The fourth-order valence-corrected chi connectivity index (χ4v) is 4.12. The lowest BCUT2D eigenvalue weighted by atomic mass is 10.2. The van der Waals surface area contributed by atoms with E-state index in [4.69, 9.17) is 23.2 Å². The smallest absolute Gasteiger partial charge is 0.207 e. The van der Waals surface area contributed by atoms with E-state index in [0.717, 1.165) is 12.8 Å². The van der Waals surface area contributed by atoms with Crippen molar-refractivity contribution in [1.29, 1.82) is 0 Å². The molecule has 17 heavy (non-hydrogen) atoms. The van der Waals surface area contributed by atoms with Gasteiger partial charge in [0.15, 0.2) is 0 Å². The molecule has 1 aromatic carbocycles. The molecule has 6 heteroatoms. The van der Waals surface area contributed by atoms with Crippen molar-refractivity contribution in [1.82, 2.24) is 4.31 Å². The Hall–Kier alpha value is -0.290. The van der Waals surface area contributed by atoms with Gasteiger partial charge < -0.3 is 0 Å². The predicted octanol–water partition coefficient (Wildman–Crippen LogP) is 2.73. The molecule has 0 amide bonds. The van der Waals surface area contributed by atoms with E-state index >= 15 is 0 Å². The summed E-state index contributed by atoms with van der Waals surface area (Å²) in [7, 11) is -3.45. The lowest BCUT2D eigenvalue weighted by Gasteiger charge is -2.28. The van der Waals surface area contributed by atoms with E-state index in [9.17, 15) is 8.42 Å². The number of hydrogen-bond acceptors (Lipinski definition) is 2. The molecule has 1 aromatic rings. The summed E-state index contributed by atoms with van der Waals surface area (Å²) in [5.74, 6) is 0. The van der Waals surface area contributed by atoms with Gasteiger partial charge in [0.2, 0.25) is 10.0 Å². The van der Waals surface area contributed by atoms with Crippen LogP contribution < -0.4 is 0 Å². The Bertz CT molecular complexity index is 504. The number of alkyl halides is 1. The van der Waals surface area contributed by atoms with Crippen LogP contribution in [-0.4, -0.2) is 31.2 Å². The van der Waals surface area contributed by atoms with E-state index in [1.54, 1.807) is 18.2 Å². The van der Waals surface area contributed by atoms with Gasteiger partial charge in [0.1, 0.15) is 0 Å². The highest BCUT2D eigenvalue weighted by Crippen LogP contribution is 2.24. The molecular formula is C11H13Cl2NO2S. The summed E-state index contributed by atoms with van der Waals surface area (Å²) in [5, 5.41) is 0.322. The summed E-state index contributed by atoms with van der Waals surface area (Å²) in [6, 6.07) is 6.31. The Morgan fingerprint density at radius 2 is 2.12 bits per heavy atom. The summed E-state index contributed by atoms with van der Waals surface area (Å²) >= 11 is 11.8. The SMILES string of the molecule is O=S(=O)(c1cccc(Cl)c1)N1CCCC(Cl)C1. The first-order valence-corrected chi connectivity index (χ1v) is 7.65. The number of benzene rings is 1. The third-order valence-electron chi connectivity index (χ3n) is 2.76. The van der Waals surface area contributed by atoms with E-state index < -0.39 is 10.0 Å². The highest BCUT2D eigenvalue weighted by atomic mass is 35.5. The average molecular weight is 294 g/mol. The van der Waals surface area contributed by atoms with Crippen LogP contribution in [0.1, 0.15) is 12.8 Å². The molecule has 2 rings (SSSR count). The molecule has 94 valence electrons. The zero-order chi connectivity index (χ0) is 12.5. The molecule has 1 fully saturated rings. The monoisotopic (exact) mass is 293 g/mol. The lowest BCUT2D eigenvalue weighted by Crippen LogP contribution is -2.40. The largest absolute Gasteiger partial charge is 0.243 e. The first-order chi connectivity index (χ1) is 8.00. The fourth-order valence-electron chi connectivity index (χ4n) is 1.89. The van der Waals surface area contributed by atoms with Crippen molar-refractivity contribution in [3.8, 4) is 0 Å². The van der Waals surface area contributed by atoms with Crippen LogP contribution >= 0.6 is 23.2 Å². The molecule has 1 atom stereocenters. The quantitative estimate of drug-likeness (QED) is 0.787. The minimum atomic E-state index is -3.45. The van der Waals surface area contributed by atoms with Gasteiger partial charge in [-0.1, -0.05) is 17.7 Å². The Balaban J connectivity index is 2.29. The molecule has 1 aliphatic rings. The zero-order valence-electron chi connectivity index (χ0n) is 9.14. The molecule has 0 bridgehead atoms.